The second kappa shape index (κ2) is 6.92. The molecule has 0 heterocycles. The molecule has 0 aliphatic rings. The number of ether oxygens (including phenoxy) is 2. The van der Waals surface area contributed by atoms with Crippen LogP contribution in [0.2, 0.25) is 0 Å². The van der Waals surface area contributed by atoms with E-state index in [9.17, 15) is 32.3 Å². The molecule has 0 unspecified atom stereocenters. The molecule has 0 radical (unpaired) electrons. The van der Waals surface area contributed by atoms with Gasteiger partial charge in [-0.1, -0.05) is 0 Å². The number of halogens is 4. The van der Waals surface area contributed by atoms with Crippen LogP contribution in [-0.4, -0.2) is 29.8 Å². The van der Waals surface area contributed by atoms with Crippen LogP contribution in [0.5, 0.6) is 5.75 Å². The van der Waals surface area contributed by atoms with Gasteiger partial charge in [0.1, 0.15) is 17.3 Å². The van der Waals surface area contributed by atoms with Gasteiger partial charge in [-0.3, -0.25) is 4.79 Å². The van der Waals surface area contributed by atoms with Crippen LogP contribution in [0.4, 0.5) is 17.6 Å². The van der Waals surface area contributed by atoms with Gasteiger partial charge < -0.3 is 14.6 Å². The van der Waals surface area contributed by atoms with Crippen LogP contribution in [0, 0.1) is 5.82 Å². The largest absolute Gasteiger partial charge is 0.573 e. The zero-order valence-corrected chi connectivity index (χ0v) is 11.1. The van der Waals surface area contributed by atoms with Crippen molar-refractivity contribution in [3.63, 3.8) is 0 Å². The molecule has 1 N–H and O–H groups in total. The smallest absolute Gasteiger partial charge is 0.507 e. The Kier molecular flexibility index (Phi) is 5.50. The minimum Gasteiger partial charge on any atom is -0.507 e. The Balaban J connectivity index is 3.05. The number of carbonyl (C=O) groups is 2. The van der Waals surface area contributed by atoms with Crippen LogP contribution in [0.15, 0.2) is 24.3 Å². The first-order valence-corrected chi connectivity index (χ1v) is 5.81. The average Bonchev–Trinajstić information content (AvgIpc) is 2.35. The number of alkyl halides is 3. The highest BCUT2D eigenvalue weighted by Crippen LogP contribution is 2.26. The molecule has 120 valence electrons. The number of rotatable bonds is 5. The number of aliphatic hydroxyl groups is 1. The molecule has 0 saturated carbocycles. The number of benzene rings is 1. The number of carbonyl (C=O) groups excluding carboxylic acids is 2. The van der Waals surface area contributed by atoms with E-state index in [1.165, 1.54) is 6.92 Å². The molecule has 9 heteroatoms. The standard InChI is InChI=1S/C13H10F4O5/c1-2-21-12(20)11(19)6-10(18)7-3-8(14)5-9(4-7)22-13(15,16)17/h3-6,18H,2H2,1H3. The van der Waals surface area contributed by atoms with Gasteiger partial charge in [-0.2, -0.15) is 0 Å². The fraction of sp³-hybridized carbons (Fsp3) is 0.231. The van der Waals surface area contributed by atoms with Crippen LogP contribution < -0.4 is 4.74 Å². The maximum Gasteiger partial charge on any atom is 0.573 e. The van der Waals surface area contributed by atoms with Crippen LogP contribution in [0.3, 0.4) is 0 Å². The van der Waals surface area contributed by atoms with E-state index in [0.29, 0.717) is 24.3 Å². The Hall–Kier alpha value is -2.58. The second-order valence-corrected chi connectivity index (χ2v) is 3.84. The van der Waals surface area contributed by atoms with Gasteiger partial charge in [0.05, 0.1) is 6.61 Å². The van der Waals surface area contributed by atoms with E-state index < -0.39 is 41.0 Å². The van der Waals surface area contributed by atoms with Crippen molar-refractivity contribution in [2.75, 3.05) is 6.61 Å². The Labute approximate surface area is 121 Å². The highest BCUT2D eigenvalue weighted by Gasteiger charge is 2.31. The van der Waals surface area contributed by atoms with E-state index in [-0.39, 0.29) is 6.61 Å². The van der Waals surface area contributed by atoms with Crippen molar-refractivity contribution in [1.82, 2.24) is 0 Å². The molecule has 22 heavy (non-hydrogen) atoms. The zero-order chi connectivity index (χ0) is 16.9. The van der Waals surface area contributed by atoms with Crippen molar-refractivity contribution >= 4 is 17.5 Å². The summed E-state index contributed by atoms with van der Waals surface area (Å²) in [5.41, 5.74) is -0.475. The van der Waals surface area contributed by atoms with Gasteiger partial charge in [0.25, 0.3) is 5.78 Å². The van der Waals surface area contributed by atoms with Gasteiger partial charge >= 0.3 is 12.3 Å². The maximum atomic E-state index is 13.2. The van der Waals surface area contributed by atoms with Crippen molar-refractivity contribution < 1.29 is 41.7 Å². The molecule has 0 spiro atoms. The third-order valence-electron chi connectivity index (χ3n) is 2.15. The molecule has 0 aliphatic heterocycles. The highest BCUT2D eigenvalue weighted by atomic mass is 19.4. The lowest BCUT2D eigenvalue weighted by Crippen LogP contribution is -2.17. The molecular weight excluding hydrogens is 312 g/mol. The molecule has 0 saturated heterocycles. The molecule has 0 aliphatic carbocycles. The molecule has 1 rings (SSSR count). The van der Waals surface area contributed by atoms with E-state index in [1.807, 2.05) is 0 Å². The Morgan fingerprint density at radius 3 is 2.45 bits per heavy atom. The third-order valence-corrected chi connectivity index (χ3v) is 2.15. The lowest BCUT2D eigenvalue weighted by Gasteiger charge is -2.10. The van der Waals surface area contributed by atoms with Crippen LogP contribution in [0.25, 0.3) is 5.76 Å². The monoisotopic (exact) mass is 322 g/mol. The molecule has 1 aromatic rings. The summed E-state index contributed by atoms with van der Waals surface area (Å²) in [6, 6.07) is 1.76. The number of hydrogen-bond donors (Lipinski definition) is 1. The first-order chi connectivity index (χ1) is 10.1. The quantitative estimate of drug-likeness (QED) is 0.297. The van der Waals surface area contributed by atoms with Gasteiger partial charge in [-0.05, 0) is 19.1 Å². The van der Waals surface area contributed by atoms with Crippen LogP contribution in [-0.2, 0) is 14.3 Å². The molecule has 0 amide bonds. The van der Waals surface area contributed by atoms with Crippen LogP contribution in [0.1, 0.15) is 12.5 Å². The fourth-order valence-corrected chi connectivity index (χ4v) is 1.37. The topological polar surface area (TPSA) is 72.8 Å². The predicted octanol–water partition coefficient (Wildman–Crippen LogP) is 2.76. The lowest BCUT2D eigenvalue weighted by atomic mass is 10.1. The maximum absolute atomic E-state index is 13.2. The Bertz CT molecular complexity index is 607. The molecule has 0 aromatic heterocycles. The second-order valence-electron chi connectivity index (χ2n) is 3.84. The highest BCUT2D eigenvalue weighted by molar-refractivity contribution is 6.39. The van der Waals surface area contributed by atoms with Gasteiger partial charge in [-0.15, -0.1) is 13.2 Å². The lowest BCUT2D eigenvalue weighted by molar-refractivity contribution is -0.274. The van der Waals surface area contributed by atoms with Crippen molar-refractivity contribution in [2.45, 2.75) is 13.3 Å². The van der Waals surface area contributed by atoms with Crippen molar-refractivity contribution in [2.24, 2.45) is 0 Å². The summed E-state index contributed by atoms with van der Waals surface area (Å²) in [6.07, 6.45) is -4.64. The normalized spacial score (nSPS) is 12.0. The summed E-state index contributed by atoms with van der Waals surface area (Å²) in [5, 5.41) is 9.58. The summed E-state index contributed by atoms with van der Waals surface area (Å²) in [6.45, 7) is 1.37. The first-order valence-electron chi connectivity index (χ1n) is 5.81. The number of ketones is 1. The van der Waals surface area contributed by atoms with Crippen LogP contribution >= 0.6 is 0 Å². The van der Waals surface area contributed by atoms with Gasteiger partial charge in [-0.25, -0.2) is 9.18 Å². The van der Waals surface area contributed by atoms with E-state index in [4.69, 9.17) is 0 Å². The summed E-state index contributed by atoms with van der Waals surface area (Å²) in [5.74, 6) is -5.49. The minimum absolute atomic E-state index is 0.0806. The van der Waals surface area contributed by atoms with E-state index in [0.717, 1.165) is 0 Å². The Morgan fingerprint density at radius 2 is 1.91 bits per heavy atom. The van der Waals surface area contributed by atoms with Gasteiger partial charge in [0, 0.05) is 17.7 Å². The third kappa shape index (κ3) is 5.43. The Morgan fingerprint density at radius 1 is 1.27 bits per heavy atom. The van der Waals surface area contributed by atoms with Crippen molar-refractivity contribution in [3.8, 4) is 5.75 Å². The molecule has 0 atom stereocenters. The minimum atomic E-state index is -5.05. The SMILES string of the molecule is CCOC(=O)C(=O)C=C(O)c1cc(F)cc(OC(F)(F)F)c1. The predicted molar refractivity (Wildman–Crippen MR) is 65.3 cm³/mol. The molecule has 0 bridgehead atoms. The van der Waals surface area contributed by atoms with E-state index >= 15 is 0 Å². The zero-order valence-electron chi connectivity index (χ0n) is 11.1. The first kappa shape index (κ1) is 17.5. The summed E-state index contributed by atoms with van der Waals surface area (Å²) >= 11 is 0. The number of aliphatic hydroxyl groups excluding tert-OH is 1. The fourth-order valence-electron chi connectivity index (χ4n) is 1.37. The summed E-state index contributed by atoms with van der Waals surface area (Å²) < 4.78 is 57.3. The van der Waals surface area contributed by atoms with E-state index in [1.54, 1.807) is 0 Å². The molecule has 1 aromatic carbocycles. The van der Waals surface area contributed by atoms with Crippen molar-refractivity contribution in [3.05, 3.63) is 35.7 Å². The summed E-state index contributed by atoms with van der Waals surface area (Å²) in [7, 11) is 0. The number of esters is 1. The molecule has 5 nitrogen and oxygen atoms in total. The van der Waals surface area contributed by atoms with Gasteiger partial charge in [0.15, 0.2) is 0 Å². The number of hydrogen-bond acceptors (Lipinski definition) is 5. The summed E-state index contributed by atoms with van der Waals surface area (Å²) in [4.78, 5) is 22.4. The average molecular weight is 322 g/mol. The van der Waals surface area contributed by atoms with E-state index in [2.05, 4.69) is 9.47 Å². The molecule has 0 fully saturated rings. The van der Waals surface area contributed by atoms with Gasteiger partial charge in [0.2, 0.25) is 0 Å². The molecular formula is C13H10F4O5. The van der Waals surface area contributed by atoms with Crippen molar-refractivity contribution in [1.29, 1.82) is 0 Å².